The molecule has 6 rings (SSSR count). The second kappa shape index (κ2) is 8.20. The third-order valence-corrected chi connectivity index (χ3v) is 6.85. The van der Waals surface area contributed by atoms with E-state index in [4.69, 9.17) is 18.1 Å². The van der Waals surface area contributed by atoms with Crippen LogP contribution in [0.2, 0.25) is 0 Å². The largest absolute Gasteiger partial charge is 0.472 e. The van der Waals surface area contributed by atoms with Crippen molar-refractivity contribution < 1.29 is 37.3 Å². The molecule has 0 radical (unpaired) electrons. The highest BCUT2D eigenvalue weighted by atomic mass is 16.6. The number of hydrogen-bond acceptors (Lipinski definition) is 8. The van der Waals surface area contributed by atoms with Crippen molar-refractivity contribution in [1.82, 2.24) is 5.16 Å². The molecule has 1 atom stereocenters. The number of amides is 1. The number of ether oxygens (including phenoxy) is 1. The van der Waals surface area contributed by atoms with E-state index in [-0.39, 0.29) is 29.5 Å². The van der Waals surface area contributed by atoms with Crippen LogP contribution in [0.25, 0.3) is 0 Å². The average Bonchev–Trinajstić information content (AvgIpc) is 3.57. The fourth-order valence-corrected chi connectivity index (χ4v) is 5.05. The lowest BCUT2D eigenvalue weighted by Gasteiger charge is -2.51. The lowest BCUT2D eigenvalue weighted by Crippen LogP contribution is -2.66. The van der Waals surface area contributed by atoms with Crippen LogP contribution in [0.5, 0.6) is 0 Å². The van der Waals surface area contributed by atoms with Crippen molar-refractivity contribution in [2.75, 3.05) is 31.5 Å². The maximum Gasteiger partial charge on any atom is 0.348 e. The third kappa shape index (κ3) is 3.96. The van der Waals surface area contributed by atoms with E-state index >= 15 is 0 Å². The minimum absolute atomic E-state index is 0.165. The first-order chi connectivity index (χ1) is 15.9. The average molecular weight is 456 g/mol. The molecule has 6 heterocycles. The van der Waals surface area contributed by atoms with Crippen LogP contribution in [0.4, 0.5) is 5.82 Å². The predicted octanol–water partition coefficient (Wildman–Crippen LogP) is 2.20. The van der Waals surface area contributed by atoms with Crippen LogP contribution >= 0.6 is 0 Å². The van der Waals surface area contributed by atoms with Gasteiger partial charge in [-0.25, -0.2) is 4.79 Å². The molecule has 0 aromatic carbocycles. The lowest BCUT2D eigenvalue weighted by molar-refractivity contribution is -0.939. The quantitative estimate of drug-likeness (QED) is 0.409. The topological polar surface area (TPSA) is 128 Å². The monoisotopic (exact) mass is 456 g/mol. The van der Waals surface area contributed by atoms with Gasteiger partial charge >= 0.3 is 5.97 Å². The zero-order valence-corrected chi connectivity index (χ0v) is 18.2. The molecule has 0 saturated carbocycles. The second-order valence-electron chi connectivity index (χ2n) is 9.02. The SMILES string of the molecule is Cc1cc(NC(=O)C[N+]23CCC(CC2)[C@@H](OC(=O)C(O)(c2ccoc2)c2ccoc2)C3)no1. The molecule has 10 nitrogen and oxygen atoms in total. The van der Waals surface area contributed by atoms with Crippen LogP contribution in [0.15, 0.2) is 56.6 Å². The highest BCUT2D eigenvalue weighted by Gasteiger charge is 2.51. The molecule has 0 unspecified atom stereocenters. The number of piperidine rings is 3. The Morgan fingerprint density at radius 3 is 2.42 bits per heavy atom. The minimum atomic E-state index is -2.04. The molecule has 3 aromatic rings. The van der Waals surface area contributed by atoms with E-state index in [1.807, 2.05) is 0 Å². The number of quaternary nitrogens is 1. The molecule has 3 fully saturated rings. The number of fused-ring (bicyclic) bond motifs is 3. The maximum atomic E-state index is 13.3. The Morgan fingerprint density at radius 2 is 1.88 bits per heavy atom. The maximum absolute atomic E-state index is 13.3. The van der Waals surface area contributed by atoms with E-state index in [0.29, 0.717) is 22.6 Å². The molecule has 0 aliphatic carbocycles. The van der Waals surface area contributed by atoms with E-state index < -0.39 is 17.7 Å². The molecular formula is C23H26N3O7+. The molecule has 2 bridgehead atoms. The van der Waals surface area contributed by atoms with E-state index in [0.717, 1.165) is 25.9 Å². The number of anilines is 1. The van der Waals surface area contributed by atoms with Crippen LogP contribution in [-0.2, 0) is 19.9 Å². The highest BCUT2D eigenvalue weighted by molar-refractivity contribution is 5.90. The summed E-state index contributed by atoms with van der Waals surface area (Å²) in [6.07, 6.45) is 6.67. The summed E-state index contributed by atoms with van der Waals surface area (Å²) in [7, 11) is 0. The van der Waals surface area contributed by atoms with Gasteiger partial charge in [-0.3, -0.25) is 4.79 Å². The Bertz CT molecular complexity index is 1080. The first kappa shape index (κ1) is 21.5. The lowest BCUT2D eigenvalue weighted by atomic mass is 9.82. The number of hydrogen-bond donors (Lipinski definition) is 2. The fraction of sp³-hybridized carbons (Fsp3) is 0.435. The van der Waals surface area contributed by atoms with Crippen LogP contribution < -0.4 is 5.32 Å². The molecule has 10 heteroatoms. The Kier molecular flexibility index (Phi) is 5.34. The van der Waals surface area contributed by atoms with Crippen molar-refractivity contribution in [2.24, 2.45) is 5.92 Å². The molecule has 3 aliphatic heterocycles. The standard InChI is InChI=1S/C23H25N3O7/c1-15-10-20(25-33-15)24-21(27)12-26-6-2-16(3-7-26)19(11-26)32-22(28)23(29,17-4-8-30-13-17)18-5-9-31-14-18/h4-5,8-10,13-14,16,19,29H,2-3,6-7,11-12H2,1H3/p+1/t16?,19-,26?/m0/s1. The molecule has 3 saturated heterocycles. The van der Waals surface area contributed by atoms with Gasteiger partial charge in [-0.05, 0) is 19.1 Å². The minimum Gasteiger partial charge on any atom is -0.472 e. The van der Waals surface area contributed by atoms with Gasteiger partial charge in [-0.15, -0.1) is 0 Å². The second-order valence-corrected chi connectivity index (χ2v) is 9.02. The summed E-state index contributed by atoms with van der Waals surface area (Å²) in [4.78, 5) is 26.0. The van der Waals surface area contributed by atoms with Gasteiger partial charge in [0.15, 0.2) is 18.5 Å². The normalized spacial score (nSPS) is 24.5. The number of nitrogens with zero attached hydrogens (tertiary/aromatic N) is 2. The third-order valence-electron chi connectivity index (χ3n) is 6.85. The van der Waals surface area contributed by atoms with E-state index in [9.17, 15) is 14.7 Å². The summed E-state index contributed by atoms with van der Waals surface area (Å²) in [5, 5.41) is 18.0. The molecule has 33 heavy (non-hydrogen) atoms. The summed E-state index contributed by atoms with van der Waals surface area (Å²) in [6, 6.07) is 4.71. The Labute approximate surface area is 189 Å². The molecule has 3 aromatic heterocycles. The number of rotatable bonds is 7. The molecule has 0 spiro atoms. The summed E-state index contributed by atoms with van der Waals surface area (Å²) in [6.45, 7) is 4.18. The van der Waals surface area contributed by atoms with Crippen molar-refractivity contribution in [3.05, 3.63) is 60.1 Å². The number of aryl methyl sites for hydroxylation is 1. The van der Waals surface area contributed by atoms with E-state index in [1.54, 1.807) is 13.0 Å². The van der Waals surface area contributed by atoms with Gasteiger partial charge in [0, 0.05) is 36.0 Å². The van der Waals surface area contributed by atoms with Crippen LogP contribution in [-0.4, -0.2) is 58.9 Å². The molecule has 1 amide bonds. The Morgan fingerprint density at radius 1 is 1.21 bits per heavy atom. The number of aromatic nitrogens is 1. The van der Waals surface area contributed by atoms with Crippen molar-refractivity contribution in [3.8, 4) is 0 Å². The zero-order chi connectivity index (χ0) is 23.1. The number of esters is 1. The fourth-order valence-electron chi connectivity index (χ4n) is 5.05. The highest BCUT2D eigenvalue weighted by Crippen LogP contribution is 2.38. The Hall–Kier alpha value is -3.37. The molecule has 2 N–H and O–H groups in total. The smallest absolute Gasteiger partial charge is 0.348 e. The van der Waals surface area contributed by atoms with Crippen molar-refractivity contribution in [3.63, 3.8) is 0 Å². The number of carbonyl (C=O) groups excluding carboxylic acids is 2. The molecule has 3 aliphatic rings. The van der Waals surface area contributed by atoms with Crippen LogP contribution in [0.3, 0.4) is 0 Å². The number of aliphatic hydroxyl groups is 1. The first-order valence-corrected chi connectivity index (χ1v) is 11.0. The van der Waals surface area contributed by atoms with Gasteiger partial charge in [-0.1, -0.05) is 5.16 Å². The van der Waals surface area contributed by atoms with Gasteiger partial charge in [0.25, 0.3) is 5.91 Å². The summed E-state index contributed by atoms with van der Waals surface area (Å²) in [5.41, 5.74) is -1.51. The van der Waals surface area contributed by atoms with Gasteiger partial charge in [0.1, 0.15) is 12.3 Å². The van der Waals surface area contributed by atoms with Crippen molar-refractivity contribution >= 4 is 17.7 Å². The summed E-state index contributed by atoms with van der Waals surface area (Å²) < 4.78 is 21.6. The van der Waals surface area contributed by atoms with Crippen LogP contribution in [0.1, 0.15) is 29.7 Å². The number of nitrogens with one attached hydrogen (secondary N) is 1. The van der Waals surface area contributed by atoms with Gasteiger partial charge in [-0.2, -0.15) is 0 Å². The van der Waals surface area contributed by atoms with E-state index in [2.05, 4.69) is 10.5 Å². The van der Waals surface area contributed by atoms with Crippen LogP contribution in [0, 0.1) is 12.8 Å². The van der Waals surface area contributed by atoms with Gasteiger partial charge in [0.2, 0.25) is 5.60 Å². The number of carbonyl (C=O) groups is 2. The number of furan rings is 2. The summed E-state index contributed by atoms with van der Waals surface area (Å²) in [5.74, 6) is 0.238. The predicted molar refractivity (Wildman–Crippen MR) is 113 cm³/mol. The van der Waals surface area contributed by atoms with Gasteiger partial charge in [0.05, 0.1) is 38.1 Å². The molecular weight excluding hydrogens is 430 g/mol. The zero-order valence-electron chi connectivity index (χ0n) is 18.2. The van der Waals surface area contributed by atoms with E-state index in [1.165, 1.54) is 37.2 Å². The van der Waals surface area contributed by atoms with Crippen molar-refractivity contribution in [2.45, 2.75) is 31.5 Å². The Balaban J connectivity index is 1.31. The first-order valence-electron chi connectivity index (χ1n) is 11.0. The molecule has 174 valence electrons. The van der Waals surface area contributed by atoms with Crippen molar-refractivity contribution in [1.29, 1.82) is 0 Å². The van der Waals surface area contributed by atoms with Gasteiger partial charge < -0.3 is 33.0 Å². The summed E-state index contributed by atoms with van der Waals surface area (Å²) >= 11 is 0.